The zero-order valence-corrected chi connectivity index (χ0v) is 21.7. The van der Waals surface area contributed by atoms with Crippen LogP contribution in [0.25, 0.3) is 0 Å². The van der Waals surface area contributed by atoms with E-state index in [2.05, 4.69) is 24.4 Å². The topological polar surface area (TPSA) is 89.8 Å². The fourth-order valence-corrected chi connectivity index (χ4v) is 6.75. The molecule has 38 heavy (non-hydrogen) atoms. The molecule has 3 rings (SSSR count). The molecule has 3 aliphatic rings. The normalized spacial score (nSPS) is 31.8. The molecule has 0 spiro atoms. The molecule has 5 atom stereocenters. The molecule has 0 radical (unpaired) electrons. The van der Waals surface area contributed by atoms with Gasteiger partial charge in [-0.05, 0) is 81.5 Å². The molecule has 0 bridgehead atoms. The van der Waals surface area contributed by atoms with E-state index in [0.29, 0.717) is 43.9 Å². The minimum absolute atomic E-state index is 0.0616. The SMILES string of the molecule is C[C@]12CCC/C(=C\C=C3C[C@@H](O)C[C@H](O)C3)[C@@H]1CC[C@@H]2CCCCNC(=O)CC(O)(C(F)(F)F)C(F)(F)F. The number of aliphatic hydroxyl groups excluding tert-OH is 2. The number of carbonyl (C=O) groups excluding carboxylic acids is 1. The van der Waals surface area contributed by atoms with Gasteiger partial charge >= 0.3 is 12.4 Å². The Balaban J connectivity index is 1.49. The third kappa shape index (κ3) is 6.94. The number of hydrogen-bond acceptors (Lipinski definition) is 4. The summed E-state index contributed by atoms with van der Waals surface area (Å²) in [5, 5.41) is 31.1. The standard InChI is InChI=1S/C27H39F6NO4/c1-24-11-4-5-18(8-7-17-13-20(35)15-21(36)14-17)22(24)10-9-19(24)6-2-3-12-34-23(37)16-25(38,26(28,29)30)27(31,32)33/h7-8,19-22,35-36,38H,2-6,9-16H2,1H3,(H,34,37)/b18-8+/t19-,20+,21+,22-,24+/m0/s1. The first-order valence-corrected chi connectivity index (χ1v) is 13.4. The molecule has 0 aromatic carbocycles. The van der Waals surface area contributed by atoms with Crippen LogP contribution < -0.4 is 5.32 Å². The molecule has 0 saturated heterocycles. The summed E-state index contributed by atoms with van der Waals surface area (Å²) >= 11 is 0. The number of aliphatic hydroxyl groups is 3. The maximum Gasteiger partial charge on any atom is 0.426 e. The number of fused-ring (bicyclic) bond motifs is 1. The summed E-state index contributed by atoms with van der Waals surface area (Å²) in [5.41, 5.74) is -2.53. The second-order valence-corrected chi connectivity index (χ2v) is 11.6. The van der Waals surface area contributed by atoms with Crippen LogP contribution in [0.4, 0.5) is 26.3 Å². The van der Waals surface area contributed by atoms with Crippen molar-refractivity contribution in [3.05, 3.63) is 23.3 Å². The lowest BCUT2D eigenvalue weighted by molar-refractivity contribution is -0.367. The van der Waals surface area contributed by atoms with Crippen LogP contribution in [0.15, 0.2) is 23.3 Å². The fraction of sp³-hybridized carbons (Fsp3) is 0.815. The first kappa shape index (κ1) is 30.9. The Morgan fingerprint density at radius 1 is 1.03 bits per heavy atom. The van der Waals surface area contributed by atoms with Crippen LogP contribution in [-0.4, -0.2) is 57.9 Å². The van der Waals surface area contributed by atoms with Gasteiger partial charge in [-0.2, -0.15) is 26.3 Å². The third-order valence-electron chi connectivity index (χ3n) is 8.89. The zero-order valence-electron chi connectivity index (χ0n) is 21.7. The molecule has 0 aromatic rings. The average Bonchev–Trinajstić information content (AvgIpc) is 3.12. The Kier molecular flexibility index (Phi) is 9.67. The Hall–Kier alpha value is -1.59. The number of allylic oxidation sites excluding steroid dienone is 3. The predicted octanol–water partition coefficient (Wildman–Crippen LogP) is 5.49. The molecule has 3 fully saturated rings. The number of hydrogen-bond donors (Lipinski definition) is 4. The average molecular weight is 556 g/mol. The fourth-order valence-electron chi connectivity index (χ4n) is 6.75. The van der Waals surface area contributed by atoms with E-state index in [9.17, 15) is 41.4 Å². The van der Waals surface area contributed by atoms with Crippen molar-refractivity contribution in [2.45, 2.75) is 114 Å². The van der Waals surface area contributed by atoms with Crippen molar-refractivity contribution in [1.82, 2.24) is 5.32 Å². The first-order chi connectivity index (χ1) is 17.6. The second kappa shape index (κ2) is 11.9. The number of nitrogens with one attached hydrogen (secondary N) is 1. The molecule has 3 aliphatic carbocycles. The summed E-state index contributed by atoms with van der Waals surface area (Å²) in [5.74, 6) is -0.638. The van der Waals surface area contributed by atoms with Crippen LogP contribution in [0.3, 0.4) is 0 Å². The number of amides is 1. The van der Waals surface area contributed by atoms with Gasteiger partial charge in [-0.25, -0.2) is 0 Å². The Bertz CT molecular complexity index is 873. The predicted molar refractivity (Wildman–Crippen MR) is 129 cm³/mol. The van der Waals surface area contributed by atoms with Gasteiger partial charge in [-0.15, -0.1) is 0 Å². The quantitative estimate of drug-likeness (QED) is 0.236. The summed E-state index contributed by atoms with van der Waals surface area (Å²) in [4.78, 5) is 11.7. The van der Waals surface area contributed by atoms with Crippen molar-refractivity contribution in [2.75, 3.05) is 6.54 Å². The highest BCUT2D eigenvalue weighted by molar-refractivity contribution is 5.77. The minimum Gasteiger partial charge on any atom is -0.393 e. The number of alkyl halides is 6. The van der Waals surface area contributed by atoms with Crippen LogP contribution in [-0.2, 0) is 4.79 Å². The van der Waals surface area contributed by atoms with Crippen LogP contribution in [0, 0.1) is 17.3 Å². The van der Waals surface area contributed by atoms with E-state index in [-0.39, 0.29) is 12.0 Å². The van der Waals surface area contributed by atoms with Gasteiger partial charge in [0.15, 0.2) is 0 Å². The van der Waals surface area contributed by atoms with E-state index in [1.165, 1.54) is 5.57 Å². The lowest BCUT2D eigenvalue weighted by Gasteiger charge is -2.42. The van der Waals surface area contributed by atoms with Crippen molar-refractivity contribution in [1.29, 1.82) is 0 Å². The van der Waals surface area contributed by atoms with E-state index < -0.39 is 42.5 Å². The molecule has 1 amide bonds. The van der Waals surface area contributed by atoms with Crippen molar-refractivity contribution >= 4 is 5.91 Å². The smallest absolute Gasteiger partial charge is 0.393 e. The lowest BCUT2D eigenvalue weighted by Crippen LogP contribution is -2.58. The van der Waals surface area contributed by atoms with Crippen molar-refractivity contribution in [2.24, 2.45) is 17.3 Å². The molecule has 4 N–H and O–H groups in total. The zero-order chi connectivity index (χ0) is 28.4. The van der Waals surface area contributed by atoms with Gasteiger partial charge in [0.05, 0.1) is 18.6 Å². The van der Waals surface area contributed by atoms with E-state index in [4.69, 9.17) is 5.11 Å². The van der Waals surface area contributed by atoms with Crippen LogP contribution in [0.2, 0.25) is 0 Å². The molecule has 3 saturated carbocycles. The molecule has 11 heteroatoms. The molecular weight excluding hydrogens is 516 g/mol. The van der Waals surface area contributed by atoms with Crippen molar-refractivity contribution in [3.8, 4) is 0 Å². The highest BCUT2D eigenvalue weighted by Gasteiger charge is 2.71. The number of halogens is 6. The Labute approximate surface area is 219 Å². The third-order valence-corrected chi connectivity index (χ3v) is 8.89. The summed E-state index contributed by atoms with van der Waals surface area (Å²) in [6, 6.07) is 0. The molecule has 0 unspecified atom stereocenters. The number of rotatable bonds is 8. The van der Waals surface area contributed by atoms with Crippen molar-refractivity contribution in [3.63, 3.8) is 0 Å². The van der Waals surface area contributed by atoms with E-state index in [1.807, 2.05) is 0 Å². The highest BCUT2D eigenvalue weighted by Crippen LogP contribution is 2.58. The van der Waals surface area contributed by atoms with Gasteiger partial charge in [0.25, 0.3) is 5.60 Å². The maximum atomic E-state index is 12.8. The summed E-state index contributed by atoms with van der Waals surface area (Å²) in [7, 11) is 0. The molecule has 5 nitrogen and oxygen atoms in total. The molecule has 0 aromatic heterocycles. The Morgan fingerprint density at radius 3 is 2.26 bits per heavy atom. The monoisotopic (exact) mass is 555 g/mol. The number of unbranched alkanes of at least 4 members (excludes halogenated alkanes) is 1. The van der Waals surface area contributed by atoms with Gasteiger partial charge in [-0.3, -0.25) is 4.79 Å². The summed E-state index contributed by atoms with van der Waals surface area (Å²) in [6.07, 6.45) is -2.22. The molecule has 0 heterocycles. The first-order valence-electron chi connectivity index (χ1n) is 13.4. The van der Waals surface area contributed by atoms with Crippen LogP contribution >= 0.6 is 0 Å². The van der Waals surface area contributed by atoms with E-state index in [0.717, 1.165) is 44.1 Å². The number of carbonyl (C=O) groups is 1. The van der Waals surface area contributed by atoms with Gasteiger partial charge < -0.3 is 20.6 Å². The molecular formula is C27H39F6NO4. The largest absolute Gasteiger partial charge is 0.426 e. The minimum atomic E-state index is -6.01. The van der Waals surface area contributed by atoms with Gasteiger partial charge in [0, 0.05) is 6.54 Å². The van der Waals surface area contributed by atoms with Crippen LogP contribution in [0.5, 0.6) is 0 Å². The van der Waals surface area contributed by atoms with Gasteiger partial charge in [0.1, 0.15) is 0 Å². The highest BCUT2D eigenvalue weighted by atomic mass is 19.4. The Morgan fingerprint density at radius 2 is 1.66 bits per heavy atom. The maximum absolute atomic E-state index is 12.8. The van der Waals surface area contributed by atoms with Gasteiger partial charge in [-0.1, -0.05) is 36.6 Å². The lowest BCUT2D eigenvalue weighted by atomic mass is 9.62. The van der Waals surface area contributed by atoms with E-state index >= 15 is 0 Å². The van der Waals surface area contributed by atoms with Gasteiger partial charge in [0.2, 0.25) is 5.91 Å². The van der Waals surface area contributed by atoms with E-state index in [1.54, 1.807) is 0 Å². The molecule has 218 valence electrons. The summed E-state index contributed by atoms with van der Waals surface area (Å²) in [6.45, 7) is 2.23. The van der Waals surface area contributed by atoms with Crippen LogP contribution in [0.1, 0.15) is 84.0 Å². The summed E-state index contributed by atoms with van der Waals surface area (Å²) < 4.78 is 76.6. The van der Waals surface area contributed by atoms with Crippen molar-refractivity contribution < 1.29 is 46.5 Å². The second-order valence-electron chi connectivity index (χ2n) is 11.6. The molecule has 0 aliphatic heterocycles.